The Morgan fingerprint density at radius 1 is 1.21 bits per heavy atom. The number of carbonyl (C=O) groups is 1. The highest BCUT2D eigenvalue weighted by molar-refractivity contribution is 6.37. The predicted molar refractivity (Wildman–Crippen MR) is 117 cm³/mol. The minimum Gasteiger partial charge on any atom is -0.365 e. The predicted octanol–water partition coefficient (Wildman–Crippen LogP) is 5.12. The lowest BCUT2D eigenvalue weighted by atomic mass is 10.0. The largest absolute Gasteiger partial charge is 0.365 e. The summed E-state index contributed by atoms with van der Waals surface area (Å²) >= 11 is 6.42. The van der Waals surface area contributed by atoms with E-state index in [0.29, 0.717) is 29.5 Å². The minimum absolute atomic E-state index is 0.181. The normalized spacial score (nSPS) is 10.6. The van der Waals surface area contributed by atoms with Gasteiger partial charge >= 0.3 is 0 Å². The summed E-state index contributed by atoms with van der Waals surface area (Å²) in [5, 5.41) is 13.8. The molecule has 0 radical (unpaired) electrons. The third-order valence-corrected chi connectivity index (χ3v) is 4.86. The maximum atomic E-state index is 12.7. The lowest BCUT2D eigenvalue weighted by molar-refractivity contribution is 0.102. The van der Waals surface area contributed by atoms with Crippen molar-refractivity contribution in [3.63, 3.8) is 0 Å². The third-order valence-electron chi connectivity index (χ3n) is 4.46. The lowest BCUT2D eigenvalue weighted by Gasteiger charge is -2.13. The highest BCUT2D eigenvalue weighted by atomic mass is 35.5. The van der Waals surface area contributed by atoms with Gasteiger partial charge in [-0.25, -0.2) is 4.98 Å². The van der Waals surface area contributed by atoms with Crippen LogP contribution in [0.4, 0.5) is 11.5 Å². The van der Waals surface area contributed by atoms with Gasteiger partial charge in [0, 0.05) is 37.0 Å². The van der Waals surface area contributed by atoms with Gasteiger partial charge < -0.3 is 16.0 Å². The number of anilines is 2. The monoisotopic (exact) mass is 407 g/mol. The molecule has 148 valence electrons. The van der Waals surface area contributed by atoms with Crippen molar-refractivity contribution in [3.05, 3.63) is 82.3 Å². The van der Waals surface area contributed by atoms with Gasteiger partial charge in [0.25, 0.3) is 5.91 Å². The van der Waals surface area contributed by atoms with E-state index >= 15 is 0 Å². The molecule has 0 saturated heterocycles. The first-order valence-electron chi connectivity index (χ1n) is 9.22. The molecule has 0 saturated carbocycles. The molecule has 0 spiro atoms. The Balaban J connectivity index is 1.77. The summed E-state index contributed by atoms with van der Waals surface area (Å²) in [6.45, 7) is 4.70. The molecule has 3 rings (SSSR count). The Morgan fingerprint density at radius 2 is 1.97 bits per heavy atom. The summed E-state index contributed by atoms with van der Waals surface area (Å²) in [5.74, 6) is 0.480. The van der Waals surface area contributed by atoms with E-state index in [1.807, 2.05) is 36.4 Å². The van der Waals surface area contributed by atoms with Gasteiger partial charge in [0.15, 0.2) is 0 Å². The number of pyridine rings is 2. The number of hydrogen-bond acceptors (Lipinski definition) is 5. The first-order chi connectivity index (χ1) is 14.0. The van der Waals surface area contributed by atoms with Crippen LogP contribution in [0.15, 0.2) is 55.0 Å². The molecule has 0 unspecified atom stereocenters. The Bertz CT molecular complexity index is 1000. The van der Waals surface area contributed by atoms with Crippen molar-refractivity contribution in [2.45, 2.75) is 26.3 Å². The fraction of sp³-hybridized carbons (Fsp3) is 0.182. The molecule has 6 nitrogen and oxygen atoms in total. The van der Waals surface area contributed by atoms with Crippen molar-refractivity contribution in [2.75, 3.05) is 10.6 Å². The molecule has 1 amide bonds. The molecule has 3 aromatic rings. The molecule has 0 aliphatic heterocycles. The van der Waals surface area contributed by atoms with Crippen LogP contribution in [0.1, 0.15) is 46.8 Å². The zero-order valence-corrected chi connectivity index (χ0v) is 17.0. The SMILES string of the molecule is CC(C)c1ccc(NC(=O)c2cnc(NCc3cccnc3)c(C=N)c2Cl)cc1. The molecule has 0 aliphatic rings. The standard InChI is InChI=1S/C22H22ClN5O/c1-14(2)16-5-7-17(8-6-16)28-22(29)19-13-27-21(18(10-24)20(19)23)26-12-15-4-3-9-25-11-15/h3-11,13-14,24H,12H2,1-2H3,(H,26,27)(H,28,29). The Morgan fingerprint density at radius 3 is 2.59 bits per heavy atom. The second kappa shape index (κ2) is 9.30. The number of aromatic nitrogens is 2. The zero-order chi connectivity index (χ0) is 20.8. The van der Waals surface area contributed by atoms with E-state index in [1.165, 1.54) is 11.8 Å². The van der Waals surface area contributed by atoms with Crippen molar-refractivity contribution >= 4 is 35.2 Å². The molecule has 29 heavy (non-hydrogen) atoms. The van der Waals surface area contributed by atoms with Crippen molar-refractivity contribution in [1.29, 1.82) is 5.41 Å². The summed E-state index contributed by atoms with van der Waals surface area (Å²) in [6.07, 6.45) is 5.95. The smallest absolute Gasteiger partial charge is 0.258 e. The average molecular weight is 408 g/mol. The highest BCUT2D eigenvalue weighted by Crippen LogP contribution is 2.26. The molecule has 2 aromatic heterocycles. The fourth-order valence-corrected chi connectivity index (χ4v) is 3.05. The van der Waals surface area contributed by atoms with Crippen LogP contribution in [0.3, 0.4) is 0 Å². The van der Waals surface area contributed by atoms with Crippen molar-refractivity contribution in [1.82, 2.24) is 9.97 Å². The van der Waals surface area contributed by atoms with Crippen LogP contribution >= 0.6 is 11.6 Å². The molecule has 0 bridgehead atoms. The fourth-order valence-electron chi connectivity index (χ4n) is 2.77. The Hall–Kier alpha value is -3.25. The number of carbonyl (C=O) groups excluding carboxylic acids is 1. The van der Waals surface area contributed by atoms with Crippen molar-refractivity contribution < 1.29 is 4.79 Å². The maximum Gasteiger partial charge on any atom is 0.258 e. The van der Waals surface area contributed by atoms with Gasteiger partial charge in [-0.2, -0.15) is 0 Å². The second-order valence-electron chi connectivity index (χ2n) is 6.84. The summed E-state index contributed by atoms with van der Waals surface area (Å²) < 4.78 is 0. The first kappa shape index (κ1) is 20.5. The van der Waals surface area contributed by atoms with Gasteiger partial charge in [0.2, 0.25) is 0 Å². The van der Waals surface area contributed by atoms with Crippen LogP contribution in [-0.2, 0) is 6.54 Å². The van der Waals surface area contributed by atoms with E-state index in [-0.39, 0.29) is 16.5 Å². The molecule has 1 aromatic carbocycles. The molecular weight excluding hydrogens is 386 g/mol. The zero-order valence-electron chi connectivity index (χ0n) is 16.2. The quantitative estimate of drug-likeness (QED) is 0.474. The molecule has 0 fully saturated rings. The topological polar surface area (TPSA) is 90.8 Å². The molecule has 0 aliphatic carbocycles. The van der Waals surface area contributed by atoms with Crippen LogP contribution < -0.4 is 10.6 Å². The van der Waals surface area contributed by atoms with Gasteiger partial charge in [0.05, 0.1) is 16.1 Å². The van der Waals surface area contributed by atoms with Crippen LogP contribution in [0, 0.1) is 5.41 Å². The van der Waals surface area contributed by atoms with Crippen molar-refractivity contribution in [3.8, 4) is 0 Å². The molecule has 0 atom stereocenters. The van der Waals surface area contributed by atoms with Crippen LogP contribution in [-0.4, -0.2) is 22.1 Å². The van der Waals surface area contributed by atoms with Crippen molar-refractivity contribution in [2.24, 2.45) is 0 Å². The molecule has 7 heteroatoms. The number of rotatable bonds is 7. The number of halogens is 1. The second-order valence-corrected chi connectivity index (χ2v) is 7.22. The summed E-state index contributed by atoms with van der Waals surface area (Å²) in [7, 11) is 0. The Labute approximate surface area is 174 Å². The van der Waals surface area contributed by atoms with Gasteiger partial charge in [-0.3, -0.25) is 9.78 Å². The average Bonchev–Trinajstić information content (AvgIpc) is 2.73. The summed E-state index contributed by atoms with van der Waals surface area (Å²) in [6, 6.07) is 11.4. The maximum absolute atomic E-state index is 12.7. The Kier molecular flexibility index (Phi) is 6.57. The molecule has 3 N–H and O–H groups in total. The third kappa shape index (κ3) is 4.97. The van der Waals surface area contributed by atoms with Gasteiger partial charge in [-0.1, -0.05) is 43.6 Å². The van der Waals surface area contributed by atoms with Crippen LogP contribution in [0.25, 0.3) is 0 Å². The molecule has 2 heterocycles. The van der Waals surface area contributed by atoms with E-state index in [4.69, 9.17) is 17.0 Å². The van der Waals surface area contributed by atoms with Gasteiger partial charge in [-0.15, -0.1) is 0 Å². The van der Waals surface area contributed by atoms with E-state index in [1.54, 1.807) is 12.4 Å². The van der Waals surface area contributed by atoms with E-state index < -0.39 is 0 Å². The van der Waals surface area contributed by atoms with Crippen LogP contribution in [0.5, 0.6) is 0 Å². The van der Waals surface area contributed by atoms with E-state index in [2.05, 4.69) is 34.4 Å². The minimum atomic E-state index is -0.373. The van der Waals surface area contributed by atoms with Crippen LogP contribution in [0.2, 0.25) is 5.02 Å². The number of nitrogens with one attached hydrogen (secondary N) is 3. The first-order valence-corrected chi connectivity index (χ1v) is 9.60. The summed E-state index contributed by atoms with van der Waals surface area (Å²) in [4.78, 5) is 21.0. The number of benzene rings is 1. The summed E-state index contributed by atoms with van der Waals surface area (Å²) in [5.41, 5.74) is 3.40. The van der Waals surface area contributed by atoms with Gasteiger partial charge in [-0.05, 0) is 35.2 Å². The number of hydrogen-bond donors (Lipinski definition) is 3. The highest BCUT2D eigenvalue weighted by Gasteiger charge is 2.17. The number of nitrogens with zero attached hydrogens (tertiary/aromatic N) is 2. The molecular formula is C22H22ClN5O. The van der Waals surface area contributed by atoms with E-state index in [0.717, 1.165) is 11.8 Å². The van der Waals surface area contributed by atoms with Gasteiger partial charge in [0.1, 0.15) is 5.82 Å². The lowest BCUT2D eigenvalue weighted by Crippen LogP contribution is -2.15. The van der Waals surface area contributed by atoms with E-state index in [9.17, 15) is 4.79 Å². The number of amides is 1.